The molecule has 0 aromatic heterocycles. The van der Waals surface area contributed by atoms with Gasteiger partial charge in [-0.15, -0.1) is 0 Å². The summed E-state index contributed by atoms with van der Waals surface area (Å²) in [5, 5.41) is 12.2. The van der Waals surface area contributed by atoms with Gasteiger partial charge in [0.25, 0.3) is 0 Å². The number of nitrogens with one attached hydrogen (secondary N) is 1. The van der Waals surface area contributed by atoms with E-state index in [-0.39, 0.29) is 18.4 Å². The van der Waals surface area contributed by atoms with E-state index in [1.165, 1.54) is 0 Å². The molecule has 1 fully saturated rings. The van der Waals surface area contributed by atoms with Crippen molar-refractivity contribution in [1.29, 1.82) is 0 Å². The van der Waals surface area contributed by atoms with E-state index >= 15 is 0 Å². The predicted octanol–water partition coefficient (Wildman–Crippen LogP) is 2.30. The maximum atomic E-state index is 11.9. The van der Waals surface area contributed by atoms with Crippen molar-refractivity contribution in [2.75, 3.05) is 19.8 Å². The lowest BCUT2D eigenvalue weighted by atomic mass is 9.86. The Morgan fingerprint density at radius 3 is 2.38 bits per heavy atom. The molecule has 0 saturated carbocycles. The first-order valence-electron chi connectivity index (χ1n) is 7.97. The van der Waals surface area contributed by atoms with Gasteiger partial charge in [0.1, 0.15) is 0 Å². The number of hydrogen-bond donors (Lipinski definition) is 2. The van der Waals surface area contributed by atoms with E-state index in [2.05, 4.69) is 26.1 Å². The number of rotatable bonds is 8. The molecule has 0 spiro atoms. The van der Waals surface area contributed by atoms with Crippen LogP contribution in [0.15, 0.2) is 0 Å². The molecule has 5 heteroatoms. The van der Waals surface area contributed by atoms with Crippen molar-refractivity contribution < 1.29 is 19.4 Å². The Bertz CT molecular complexity index is 337. The monoisotopic (exact) mass is 299 g/mol. The maximum absolute atomic E-state index is 11.9. The van der Waals surface area contributed by atoms with Crippen LogP contribution in [0.5, 0.6) is 0 Å². The summed E-state index contributed by atoms with van der Waals surface area (Å²) in [7, 11) is 0. The fourth-order valence-corrected chi connectivity index (χ4v) is 3.07. The Labute approximate surface area is 127 Å². The molecule has 1 aliphatic heterocycles. The Balaban J connectivity index is 2.38. The molecule has 2 N–H and O–H groups in total. The number of aliphatic carboxylic acids is 1. The number of hydrogen-bond acceptors (Lipinski definition) is 3. The largest absolute Gasteiger partial charge is 0.481 e. The second-order valence-electron chi connectivity index (χ2n) is 6.64. The normalized spacial score (nSPS) is 19.2. The lowest BCUT2D eigenvalue weighted by molar-refractivity contribution is -0.145. The van der Waals surface area contributed by atoms with Crippen LogP contribution in [0.3, 0.4) is 0 Å². The fourth-order valence-electron chi connectivity index (χ4n) is 3.07. The van der Waals surface area contributed by atoms with Gasteiger partial charge in [0, 0.05) is 26.2 Å². The van der Waals surface area contributed by atoms with E-state index in [0.29, 0.717) is 31.5 Å². The van der Waals surface area contributed by atoms with Crippen molar-refractivity contribution in [1.82, 2.24) is 5.32 Å². The molecule has 1 aliphatic rings. The molecule has 0 aliphatic carbocycles. The molecule has 0 bridgehead atoms. The quantitative estimate of drug-likeness (QED) is 0.721. The minimum atomic E-state index is -0.822. The predicted molar refractivity (Wildman–Crippen MR) is 80.9 cm³/mol. The van der Waals surface area contributed by atoms with E-state index in [1.807, 2.05) is 0 Å². The van der Waals surface area contributed by atoms with Crippen molar-refractivity contribution in [2.24, 2.45) is 23.7 Å². The highest BCUT2D eigenvalue weighted by molar-refractivity contribution is 5.77. The van der Waals surface area contributed by atoms with Crippen LogP contribution in [0.2, 0.25) is 0 Å². The molecule has 2 unspecified atom stereocenters. The van der Waals surface area contributed by atoms with Crippen LogP contribution >= 0.6 is 0 Å². The smallest absolute Gasteiger partial charge is 0.308 e. The SMILES string of the molecule is CC(C)CC(C)CC(=O)NCC(C(=O)O)C1CCOCC1. The van der Waals surface area contributed by atoms with Gasteiger partial charge in [0.15, 0.2) is 0 Å². The lowest BCUT2D eigenvalue weighted by Crippen LogP contribution is -2.39. The first-order valence-corrected chi connectivity index (χ1v) is 7.97. The fraction of sp³-hybridized carbons (Fsp3) is 0.875. The molecular formula is C16H29NO4. The number of amides is 1. The molecule has 1 heterocycles. The van der Waals surface area contributed by atoms with Crippen LogP contribution in [0.25, 0.3) is 0 Å². The minimum absolute atomic E-state index is 0.0403. The van der Waals surface area contributed by atoms with Gasteiger partial charge in [-0.3, -0.25) is 9.59 Å². The summed E-state index contributed by atoms with van der Waals surface area (Å²) in [6, 6.07) is 0. The summed E-state index contributed by atoms with van der Waals surface area (Å²) in [6.45, 7) is 7.81. The van der Waals surface area contributed by atoms with Gasteiger partial charge in [0.05, 0.1) is 5.92 Å². The summed E-state index contributed by atoms with van der Waals surface area (Å²) < 4.78 is 5.26. The van der Waals surface area contributed by atoms with Gasteiger partial charge in [-0.05, 0) is 37.0 Å². The molecule has 1 amide bonds. The van der Waals surface area contributed by atoms with Crippen molar-refractivity contribution in [3.05, 3.63) is 0 Å². The summed E-state index contributed by atoms with van der Waals surface area (Å²) in [5.74, 6) is -0.361. The topological polar surface area (TPSA) is 75.6 Å². The van der Waals surface area contributed by atoms with Gasteiger partial charge in [-0.2, -0.15) is 0 Å². The molecule has 21 heavy (non-hydrogen) atoms. The Hall–Kier alpha value is -1.10. The minimum Gasteiger partial charge on any atom is -0.481 e. The zero-order chi connectivity index (χ0) is 15.8. The third-order valence-electron chi connectivity index (χ3n) is 4.08. The highest BCUT2D eigenvalue weighted by Crippen LogP contribution is 2.24. The van der Waals surface area contributed by atoms with Crippen LogP contribution < -0.4 is 5.32 Å². The molecule has 0 aromatic carbocycles. The molecule has 0 aromatic rings. The van der Waals surface area contributed by atoms with Crippen molar-refractivity contribution >= 4 is 11.9 Å². The Morgan fingerprint density at radius 2 is 1.86 bits per heavy atom. The third-order valence-corrected chi connectivity index (χ3v) is 4.08. The molecular weight excluding hydrogens is 270 g/mol. The van der Waals surface area contributed by atoms with Gasteiger partial charge in [-0.25, -0.2) is 0 Å². The molecule has 1 saturated heterocycles. The zero-order valence-corrected chi connectivity index (χ0v) is 13.4. The molecule has 2 atom stereocenters. The molecule has 0 radical (unpaired) electrons. The second kappa shape index (κ2) is 9.03. The molecule has 5 nitrogen and oxygen atoms in total. The number of carboxylic acid groups (broad SMARTS) is 1. The Morgan fingerprint density at radius 1 is 1.24 bits per heavy atom. The zero-order valence-electron chi connectivity index (χ0n) is 13.4. The summed E-state index contributed by atoms with van der Waals surface area (Å²) in [5.41, 5.74) is 0. The number of ether oxygens (including phenoxy) is 1. The average molecular weight is 299 g/mol. The van der Waals surface area contributed by atoms with Gasteiger partial charge in [0.2, 0.25) is 5.91 Å². The van der Waals surface area contributed by atoms with E-state index in [4.69, 9.17) is 4.74 Å². The van der Waals surface area contributed by atoms with Crippen molar-refractivity contribution in [3.8, 4) is 0 Å². The second-order valence-corrected chi connectivity index (χ2v) is 6.64. The van der Waals surface area contributed by atoms with Crippen LogP contribution in [0, 0.1) is 23.7 Å². The Kier molecular flexibility index (Phi) is 7.72. The number of carbonyl (C=O) groups is 2. The van der Waals surface area contributed by atoms with E-state index in [1.54, 1.807) is 0 Å². The van der Waals surface area contributed by atoms with Crippen molar-refractivity contribution in [2.45, 2.75) is 46.5 Å². The van der Waals surface area contributed by atoms with Crippen LogP contribution in [-0.4, -0.2) is 36.7 Å². The highest BCUT2D eigenvalue weighted by Gasteiger charge is 2.30. The van der Waals surface area contributed by atoms with Gasteiger partial charge >= 0.3 is 5.97 Å². The molecule has 122 valence electrons. The van der Waals surface area contributed by atoms with E-state index in [0.717, 1.165) is 19.3 Å². The summed E-state index contributed by atoms with van der Waals surface area (Å²) in [6.07, 6.45) is 3.00. The molecule has 1 rings (SSSR count). The maximum Gasteiger partial charge on any atom is 0.308 e. The first kappa shape index (κ1) is 18.0. The van der Waals surface area contributed by atoms with Crippen LogP contribution in [0.1, 0.15) is 46.5 Å². The lowest BCUT2D eigenvalue weighted by Gasteiger charge is -2.27. The highest BCUT2D eigenvalue weighted by atomic mass is 16.5. The van der Waals surface area contributed by atoms with E-state index < -0.39 is 11.9 Å². The third kappa shape index (κ3) is 6.93. The number of carbonyl (C=O) groups excluding carboxylic acids is 1. The van der Waals surface area contributed by atoms with Crippen LogP contribution in [0.4, 0.5) is 0 Å². The summed E-state index contributed by atoms with van der Waals surface area (Å²) in [4.78, 5) is 23.3. The van der Waals surface area contributed by atoms with E-state index in [9.17, 15) is 14.7 Å². The number of carboxylic acids is 1. The van der Waals surface area contributed by atoms with Gasteiger partial charge < -0.3 is 15.2 Å². The first-order chi connectivity index (χ1) is 9.90. The van der Waals surface area contributed by atoms with Crippen molar-refractivity contribution in [3.63, 3.8) is 0 Å². The van der Waals surface area contributed by atoms with Gasteiger partial charge in [-0.1, -0.05) is 20.8 Å². The van der Waals surface area contributed by atoms with Crippen LogP contribution in [-0.2, 0) is 14.3 Å². The summed E-state index contributed by atoms with van der Waals surface area (Å²) >= 11 is 0. The average Bonchev–Trinajstić information content (AvgIpc) is 2.38. The standard InChI is InChI=1S/C16H29NO4/c1-11(2)8-12(3)9-15(18)17-10-14(16(19)20)13-4-6-21-7-5-13/h11-14H,4-10H2,1-3H3,(H,17,18)(H,19,20).